The molecule has 1 aromatic heterocycles. The molecule has 2 N–H and O–H groups in total. The topological polar surface area (TPSA) is 52.0 Å². The standard InChI is InChI=1S/C6H8N2O/c1-5(4-7)6-2-3-9-8-6/h2-3H,1,4,7H2. The fourth-order valence-electron chi connectivity index (χ4n) is 0.499. The van der Waals surface area contributed by atoms with E-state index in [2.05, 4.69) is 16.3 Å². The van der Waals surface area contributed by atoms with E-state index in [0.29, 0.717) is 6.54 Å². The first-order valence-electron chi connectivity index (χ1n) is 2.63. The average Bonchev–Trinajstić information content (AvgIpc) is 2.37. The zero-order valence-corrected chi connectivity index (χ0v) is 5.00. The molecule has 0 saturated heterocycles. The average molecular weight is 124 g/mol. The Hall–Kier alpha value is -1.09. The summed E-state index contributed by atoms with van der Waals surface area (Å²) in [4.78, 5) is 0. The van der Waals surface area contributed by atoms with Crippen LogP contribution in [0.2, 0.25) is 0 Å². The Morgan fingerprint density at radius 1 is 1.89 bits per heavy atom. The fraction of sp³-hybridized carbons (Fsp3) is 0.167. The highest BCUT2D eigenvalue weighted by Crippen LogP contribution is 2.05. The molecule has 0 aliphatic heterocycles. The molecule has 0 atom stereocenters. The lowest BCUT2D eigenvalue weighted by Crippen LogP contribution is -2.00. The number of hydrogen-bond donors (Lipinski definition) is 1. The van der Waals surface area contributed by atoms with Crippen LogP contribution < -0.4 is 5.73 Å². The third-order valence-corrected chi connectivity index (χ3v) is 1.05. The summed E-state index contributed by atoms with van der Waals surface area (Å²) in [5, 5.41) is 3.63. The van der Waals surface area contributed by atoms with Crippen molar-refractivity contribution in [1.29, 1.82) is 0 Å². The maximum Gasteiger partial charge on any atom is 0.124 e. The van der Waals surface area contributed by atoms with Gasteiger partial charge in [-0.1, -0.05) is 11.7 Å². The number of nitrogens with two attached hydrogens (primary N) is 1. The second-order valence-corrected chi connectivity index (χ2v) is 1.69. The molecule has 0 fully saturated rings. The first kappa shape index (κ1) is 6.04. The lowest BCUT2D eigenvalue weighted by atomic mass is 10.2. The fourth-order valence-corrected chi connectivity index (χ4v) is 0.499. The maximum absolute atomic E-state index is 5.28. The molecule has 1 heterocycles. The number of hydrogen-bond acceptors (Lipinski definition) is 3. The third kappa shape index (κ3) is 1.17. The van der Waals surface area contributed by atoms with Crippen LogP contribution in [0.5, 0.6) is 0 Å². The van der Waals surface area contributed by atoms with E-state index >= 15 is 0 Å². The number of nitrogens with zero attached hydrogens (tertiary/aromatic N) is 1. The van der Waals surface area contributed by atoms with Crippen LogP contribution in [0.1, 0.15) is 5.69 Å². The second kappa shape index (κ2) is 2.46. The van der Waals surface area contributed by atoms with E-state index in [-0.39, 0.29) is 0 Å². The summed E-state index contributed by atoms with van der Waals surface area (Å²) in [5.41, 5.74) is 6.81. The Labute approximate surface area is 53.1 Å². The molecule has 0 unspecified atom stereocenters. The molecule has 3 heteroatoms. The molecule has 0 spiro atoms. The highest BCUT2D eigenvalue weighted by molar-refractivity contribution is 5.60. The van der Waals surface area contributed by atoms with E-state index < -0.39 is 0 Å². The summed E-state index contributed by atoms with van der Waals surface area (Å²) in [5.74, 6) is 0. The van der Waals surface area contributed by atoms with E-state index in [1.165, 1.54) is 6.26 Å². The zero-order valence-electron chi connectivity index (χ0n) is 5.00. The van der Waals surface area contributed by atoms with E-state index in [4.69, 9.17) is 5.73 Å². The number of aromatic nitrogens is 1. The molecule has 0 aliphatic rings. The summed E-state index contributed by atoms with van der Waals surface area (Å²) >= 11 is 0. The van der Waals surface area contributed by atoms with Gasteiger partial charge >= 0.3 is 0 Å². The minimum atomic E-state index is 0.423. The molecule has 9 heavy (non-hydrogen) atoms. The van der Waals surface area contributed by atoms with Gasteiger partial charge < -0.3 is 10.3 Å². The highest BCUT2D eigenvalue weighted by atomic mass is 16.5. The van der Waals surface area contributed by atoms with Crippen LogP contribution in [0.15, 0.2) is 23.4 Å². The molecule has 0 aliphatic carbocycles. The van der Waals surface area contributed by atoms with Crippen LogP contribution in [0.3, 0.4) is 0 Å². The smallest absolute Gasteiger partial charge is 0.124 e. The van der Waals surface area contributed by atoms with Gasteiger partial charge in [-0.05, 0) is 5.57 Å². The summed E-state index contributed by atoms with van der Waals surface area (Å²) in [6.45, 7) is 4.09. The van der Waals surface area contributed by atoms with Crippen molar-refractivity contribution in [2.24, 2.45) is 5.73 Å². The lowest BCUT2D eigenvalue weighted by molar-refractivity contribution is 0.417. The van der Waals surface area contributed by atoms with Crippen LogP contribution in [-0.2, 0) is 0 Å². The Morgan fingerprint density at radius 3 is 3.11 bits per heavy atom. The van der Waals surface area contributed by atoms with Gasteiger partial charge in [0.25, 0.3) is 0 Å². The van der Waals surface area contributed by atoms with Gasteiger partial charge in [0.2, 0.25) is 0 Å². The van der Waals surface area contributed by atoms with Gasteiger partial charge in [-0.3, -0.25) is 0 Å². The van der Waals surface area contributed by atoms with E-state index in [1.807, 2.05) is 0 Å². The summed E-state index contributed by atoms with van der Waals surface area (Å²) < 4.78 is 4.57. The Bertz CT molecular complexity index is 191. The second-order valence-electron chi connectivity index (χ2n) is 1.69. The predicted molar refractivity (Wildman–Crippen MR) is 34.6 cm³/mol. The van der Waals surface area contributed by atoms with Gasteiger partial charge in [-0.2, -0.15) is 0 Å². The Balaban J connectivity index is 2.77. The monoisotopic (exact) mass is 124 g/mol. The third-order valence-electron chi connectivity index (χ3n) is 1.05. The molecular formula is C6H8N2O. The van der Waals surface area contributed by atoms with Crippen molar-refractivity contribution in [3.63, 3.8) is 0 Å². The highest BCUT2D eigenvalue weighted by Gasteiger charge is 1.97. The van der Waals surface area contributed by atoms with Gasteiger partial charge in [0.15, 0.2) is 0 Å². The molecular weight excluding hydrogens is 116 g/mol. The van der Waals surface area contributed by atoms with Gasteiger partial charge in [0.1, 0.15) is 12.0 Å². The quantitative estimate of drug-likeness (QED) is 0.629. The summed E-state index contributed by atoms with van der Waals surface area (Å²) in [7, 11) is 0. The maximum atomic E-state index is 5.28. The van der Waals surface area contributed by atoms with Gasteiger partial charge in [-0.15, -0.1) is 0 Å². The van der Waals surface area contributed by atoms with Gasteiger partial charge in [0.05, 0.1) is 0 Å². The van der Waals surface area contributed by atoms with Crippen molar-refractivity contribution in [3.05, 3.63) is 24.6 Å². The van der Waals surface area contributed by atoms with E-state index in [1.54, 1.807) is 6.07 Å². The molecule has 0 bridgehead atoms. The van der Waals surface area contributed by atoms with Crippen molar-refractivity contribution in [3.8, 4) is 0 Å². The van der Waals surface area contributed by atoms with Crippen molar-refractivity contribution in [1.82, 2.24) is 5.16 Å². The van der Waals surface area contributed by atoms with E-state index in [0.717, 1.165) is 11.3 Å². The van der Waals surface area contributed by atoms with Crippen LogP contribution in [0.4, 0.5) is 0 Å². The van der Waals surface area contributed by atoms with Gasteiger partial charge in [-0.25, -0.2) is 0 Å². The molecule has 1 rings (SSSR count). The van der Waals surface area contributed by atoms with E-state index in [9.17, 15) is 0 Å². The van der Waals surface area contributed by atoms with Crippen LogP contribution in [0, 0.1) is 0 Å². The summed E-state index contributed by atoms with van der Waals surface area (Å²) in [6, 6.07) is 1.73. The molecule has 0 radical (unpaired) electrons. The molecule has 0 aromatic carbocycles. The van der Waals surface area contributed by atoms with Crippen LogP contribution in [0.25, 0.3) is 5.57 Å². The SMILES string of the molecule is C=C(CN)c1ccon1. The molecule has 1 aromatic rings. The van der Waals surface area contributed by atoms with Crippen LogP contribution in [-0.4, -0.2) is 11.7 Å². The normalized spacial score (nSPS) is 9.44. The van der Waals surface area contributed by atoms with Gasteiger partial charge in [0, 0.05) is 12.6 Å². The van der Waals surface area contributed by atoms with Crippen molar-refractivity contribution in [2.45, 2.75) is 0 Å². The molecule has 3 nitrogen and oxygen atoms in total. The molecule has 48 valence electrons. The molecule has 0 amide bonds. The predicted octanol–water partition coefficient (Wildman–Crippen LogP) is 0.647. The first-order chi connectivity index (χ1) is 4.34. The Kier molecular flexibility index (Phi) is 1.65. The molecule has 0 saturated carbocycles. The number of rotatable bonds is 2. The van der Waals surface area contributed by atoms with Crippen molar-refractivity contribution in [2.75, 3.05) is 6.54 Å². The first-order valence-corrected chi connectivity index (χ1v) is 2.63. The largest absolute Gasteiger partial charge is 0.364 e. The Morgan fingerprint density at radius 2 is 2.67 bits per heavy atom. The van der Waals surface area contributed by atoms with Crippen molar-refractivity contribution < 1.29 is 4.52 Å². The minimum absolute atomic E-state index is 0.423. The van der Waals surface area contributed by atoms with Crippen LogP contribution >= 0.6 is 0 Å². The zero-order chi connectivity index (χ0) is 6.69. The minimum Gasteiger partial charge on any atom is -0.364 e. The lowest BCUT2D eigenvalue weighted by Gasteiger charge is -1.91. The summed E-state index contributed by atoms with van der Waals surface area (Å²) in [6.07, 6.45) is 1.50. The van der Waals surface area contributed by atoms with Crippen molar-refractivity contribution >= 4 is 5.57 Å².